The molecule has 0 bridgehead atoms. The van der Waals surface area contributed by atoms with Gasteiger partial charge in [0, 0.05) is 5.92 Å². The minimum atomic E-state index is -0.814. The zero-order valence-electron chi connectivity index (χ0n) is 22.6. The van der Waals surface area contributed by atoms with Gasteiger partial charge in [0.15, 0.2) is 11.2 Å². The second-order valence-corrected chi connectivity index (χ2v) is 10.3. The lowest BCUT2D eigenvalue weighted by Crippen LogP contribution is -2.33. The van der Waals surface area contributed by atoms with Crippen molar-refractivity contribution in [3.05, 3.63) is 114 Å². The summed E-state index contributed by atoms with van der Waals surface area (Å²) in [4.78, 5) is 13.3. The zero-order chi connectivity index (χ0) is 28.0. The summed E-state index contributed by atoms with van der Waals surface area (Å²) in [5.74, 6) is 0.337. The number of nitrogen functional groups attached to an aromatic ring is 1. The molecule has 0 spiro atoms. The topological polar surface area (TPSA) is 118 Å². The Morgan fingerprint density at radius 3 is 2.07 bits per heavy atom. The molecule has 5 aromatic rings. The number of aromatic nitrogens is 4. The molecule has 210 valence electrons. The van der Waals surface area contributed by atoms with Crippen molar-refractivity contribution < 1.29 is 19.3 Å². The standard InChI is InChI=1S/C32H33N5O4/c33-32-35-30-27(31(36-32)41-19-24-14-8-3-9-15-24)34-21-37(30)26-16-25(20-39-17-22-10-4-1-5-11-22)29(28(26)38)40-18-23-12-6-2-7-13-23/h1-15,21,25-26,28-29,38H,16-20H2,(H2,33,35,36)/t25-,26-,28+,29-/m0/s1. The molecule has 41 heavy (non-hydrogen) atoms. The third-order valence-corrected chi connectivity index (χ3v) is 7.45. The molecule has 9 heteroatoms. The van der Waals surface area contributed by atoms with E-state index in [4.69, 9.17) is 19.9 Å². The fourth-order valence-corrected chi connectivity index (χ4v) is 5.40. The van der Waals surface area contributed by atoms with Crippen LogP contribution >= 0.6 is 0 Å². The number of hydrogen-bond donors (Lipinski definition) is 2. The highest BCUT2D eigenvalue weighted by atomic mass is 16.5. The molecule has 2 heterocycles. The molecule has 9 nitrogen and oxygen atoms in total. The van der Waals surface area contributed by atoms with Gasteiger partial charge in [-0.3, -0.25) is 0 Å². The van der Waals surface area contributed by atoms with E-state index in [1.165, 1.54) is 0 Å². The number of fused-ring (bicyclic) bond motifs is 1. The van der Waals surface area contributed by atoms with Crippen molar-refractivity contribution in [3.63, 3.8) is 0 Å². The Hall–Kier alpha value is -4.31. The van der Waals surface area contributed by atoms with Crippen molar-refractivity contribution in [3.8, 4) is 5.88 Å². The minimum absolute atomic E-state index is 0.0483. The number of aliphatic hydroxyl groups excluding tert-OH is 1. The average Bonchev–Trinajstić information content (AvgIpc) is 3.56. The molecule has 1 aliphatic rings. The normalized spacial score (nSPS) is 20.4. The van der Waals surface area contributed by atoms with Crippen molar-refractivity contribution >= 4 is 17.1 Å². The largest absolute Gasteiger partial charge is 0.471 e. The smallest absolute Gasteiger partial charge is 0.247 e. The third-order valence-electron chi connectivity index (χ3n) is 7.45. The maximum absolute atomic E-state index is 11.6. The number of hydrogen-bond acceptors (Lipinski definition) is 8. The van der Waals surface area contributed by atoms with Crippen LogP contribution in [0.4, 0.5) is 5.95 Å². The molecule has 4 atom stereocenters. The van der Waals surface area contributed by atoms with Crippen LogP contribution in [0.5, 0.6) is 5.88 Å². The number of nitrogens with two attached hydrogens (primary N) is 1. The molecule has 3 aromatic carbocycles. The number of benzene rings is 3. The summed E-state index contributed by atoms with van der Waals surface area (Å²) in [6.45, 7) is 1.64. The number of ether oxygens (including phenoxy) is 3. The van der Waals surface area contributed by atoms with E-state index >= 15 is 0 Å². The van der Waals surface area contributed by atoms with E-state index in [1.807, 2.05) is 95.6 Å². The summed E-state index contributed by atoms with van der Waals surface area (Å²) in [6.07, 6.45) is 1.03. The highest BCUT2D eigenvalue weighted by Crippen LogP contribution is 2.40. The molecule has 1 aliphatic carbocycles. The third kappa shape index (κ3) is 6.22. The van der Waals surface area contributed by atoms with Gasteiger partial charge in [-0.05, 0) is 23.1 Å². The second-order valence-electron chi connectivity index (χ2n) is 10.3. The summed E-state index contributed by atoms with van der Waals surface area (Å²) in [5.41, 5.74) is 10.2. The van der Waals surface area contributed by atoms with Crippen molar-refractivity contribution in [2.45, 2.75) is 44.5 Å². The van der Waals surface area contributed by atoms with Crippen LogP contribution in [-0.2, 0) is 29.3 Å². The summed E-state index contributed by atoms with van der Waals surface area (Å²) < 4.78 is 20.3. The van der Waals surface area contributed by atoms with Gasteiger partial charge >= 0.3 is 0 Å². The number of rotatable bonds is 11. The zero-order valence-corrected chi connectivity index (χ0v) is 22.6. The molecule has 0 saturated heterocycles. The molecule has 1 fully saturated rings. The fraction of sp³-hybridized carbons (Fsp3) is 0.281. The van der Waals surface area contributed by atoms with Gasteiger partial charge in [-0.2, -0.15) is 9.97 Å². The molecule has 3 N–H and O–H groups in total. The summed E-state index contributed by atoms with van der Waals surface area (Å²) in [6, 6.07) is 29.5. The molecular weight excluding hydrogens is 518 g/mol. The lowest BCUT2D eigenvalue weighted by Gasteiger charge is -2.24. The van der Waals surface area contributed by atoms with E-state index in [0.717, 1.165) is 16.7 Å². The van der Waals surface area contributed by atoms with Gasteiger partial charge in [0.25, 0.3) is 0 Å². The van der Waals surface area contributed by atoms with Gasteiger partial charge in [-0.25, -0.2) is 4.98 Å². The van der Waals surface area contributed by atoms with Crippen molar-refractivity contribution in [1.29, 1.82) is 0 Å². The first-order valence-corrected chi connectivity index (χ1v) is 13.8. The Morgan fingerprint density at radius 2 is 1.41 bits per heavy atom. The lowest BCUT2D eigenvalue weighted by molar-refractivity contribution is -0.0713. The van der Waals surface area contributed by atoms with Crippen LogP contribution in [0.2, 0.25) is 0 Å². The van der Waals surface area contributed by atoms with E-state index in [2.05, 4.69) is 15.0 Å². The number of aliphatic hydroxyl groups is 1. The first kappa shape index (κ1) is 26.9. The Bertz CT molecular complexity index is 1550. The Labute approximate surface area is 238 Å². The van der Waals surface area contributed by atoms with Crippen LogP contribution in [0.25, 0.3) is 11.2 Å². The van der Waals surface area contributed by atoms with Crippen LogP contribution in [-0.4, -0.2) is 43.4 Å². The van der Waals surface area contributed by atoms with Crippen molar-refractivity contribution in [2.75, 3.05) is 12.3 Å². The molecule has 2 aromatic heterocycles. The summed E-state index contributed by atoms with van der Waals surface area (Å²) >= 11 is 0. The van der Waals surface area contributed by atoms with E-state index in [0.29, 0.717) is 49.9 Å². The minimum Gasteiger partial charge on any atom is -0.471 e. The van der Waals surface area contributed by atoms with Crippen molar-refractivity contribution in [1.82, 2.24) is 19.5 Å². The highest BCUT2D eigenvalue weighted by Gasteiger charge is 2.45. The van der Waals surface area contributed by atoms with Gasteiger partial charge in [0.2, 0.25) is 11.8 Å². The average molecular weight is 552 g/mol. The van der Waals surface area contributed by atoms with E-state index in [9.17, 15) is 5.11 Å². The van der Waals surface area contributed by atoms with Crippen LogP contribution in [0.1, 0.15) is 29.2 Å². The first-order chi connectivity index (χ1) is 20.2. The lowest BCUT2D eigenvalue weighted by atomic mass is 10.1. The first-order valence-electron chi connectivity index (χ1n) is 13.8. The molecular formula is C32H33N5O4. The summed E-state index contributed by atoms with van der Waals surface area (Å²) in [7, 11) is 0. The molecule has 0 radical (unpaired) electrons. The second kappa shape index (κ2) is 12.5. The van der Waals surface area contributed by atoms with E-state index in [1.54, 1.807) is 6.33 Å². The molecule has 0 unspecified atom stereocenters. The van der Waals surface area contributed by atoms with Gasteiger partial charge < -0.3 is 29.6 Å². The number of imidazole rings is 1. The van der Waals surface area contributed by atoms with Crippen LogP contribution in [0.15, 0.2) is 97.3 Å². The predicted octanol–water partition coefficient (Wildman–Crippen LogP) is 4.71. The SMILES string of the molecule is Nc1nc(OCc2ccccc2)c2ncn([C@H]3C[C@@H](COCc4ccccc4)[C@H](OCc4ccccc4)[C@@H]3O)c2n1. The Morgan fingerprint density at radius 1 is 0.805 bits per heavy atom. The van der Waals surface area contributed by atoms with Crippen LogP contribution in [0, 0.1) is 5.92 Å². The molecule has 1 saturated carbocycles. The van der Waals surface area contributed by atoms with Crippen LogP contribution < -0.4 is 10.5 Å². The summed E-state index contributed by atoms with van der Waals surface area (Å²) in [5, 5.41) is 11.6. The fourth-order valence-electron chi connectivity index (χ4n) is 5.40. The molecule has 6 rings (SSSR count). The van der Waals surface area contributed by atoms with Gasteiger partial charge in [0.05, 0.1) is 38.3 Å². The Kier molecular flexibility index (Phi) is 8.18. The van der Waals surface area contributed by atoms with Gasteiger partial charge in [-0.1, -0.05) is 91.0 Å². The highest BCUT2D eigenvalue weighted by molar-refractivity contribution is 5.77. The van der Waals surface area contributed by atoms with Gasteiger partial charge in [-0.15, -0.1) is 0 Å². The Balaban J connectivity index is 1.23. The maximum Gasteiger partial charge on any atom is 0.247 e. The maximum atomic E-state index is 11.6. The van der Waals surface area contributed by atoms with Crippen molar-refractivity contribution in [2.24, 2.45) is 5.92 Å². The quantitative estimate of drug-likeness (QED) is 0.242. The molecule has 0 amide bonds. The predicted molar refractivity (Wildman–Crippen MR) is 155 cm³/mol. The van der Waals surface area contributed by atoms with Crippen LogP contribution in [0.3, 0.4) is 0 Å². The number of nitrogens with zero attached hydrogens (tertiary/aromatic N) is 4. The van der Waals surface area contributed by atoms with E-state index < -0.39 is 12.2 Å². The van der Waals surface area contributed by atoms with Gasteiger partial charge in [0.1, 0.15) is 12.7 Å². The molecule has 0 aliphatic heterocycles. The monoisotopic (exact) mass is 551 g/mol. The van der Waals surface area contributed by atoms with E-state index in [-0.39, 0.29) is 17.9 Å². The number of anilines is 1.